The van der Waals surface area contributed by atoms with E-state index in [9.17, 15) is 9.90 Å². The number of esters is 1. The third-order valence-electron chi connectivity index (χ3n) is 11.4. The number of carbonyl (C=O) groups excluding carboxylic acids is 1. The van der Waals surface area contributed by atoms with E-state index < -0.39 is 61.1 Å². The second-order valence-corrected chi connectivity index (χ2v) is 16.1. The van der Waals surface area contributed by atoms with Crippen LogP contribution in [0.15, 0.2) is 182 Å². The molecule has 6 aromatic rings. The van der Waals surface area contributed by atoms with Crippen molar-refractivity contribution in [3.8, 4) is 0 Å². The summed E-state index contributed by atoms with van der Waals surface area (Å²) >= 11 is 0. The summed E-state index contributed by atoms with van der Waals surface area (Å²) in [6.45, 7) is 1.54. The minimum Gasteiger partial charge on any atom is -0.453 e. The summed E-state index contributed by atoms with van der Waals surface area (Å²) in [5, 5.41) is 12.5. The standard InChI is InChI=1S/C54H56O11/c55-48-49(64-53(56)44-29-17-6-18-30-44)47(37-58-32-40-21-9-2-10-22-40)63-54(52(48)62-35-43-27-15-5-16-28-43)65-51-45(36-57-31-39-19-7-1-8-20-39)60-38-46(59-33-41-23-11-3-12-24-41)50(51)61-34-42-25-13-4-14-26-42/h1-30,45-52,54-55H,31-38H2/t45?,46?,47?,48?,49-,50?,51+,52?,54-/m1/s1. The highest BCUT2D eigenvalue weighted by atomic mass is 16.7. The molecule has 6 aromatic carbocycles. The molecule has 2 fully saturated rings. The average Bonchev–Trinajstić information content (AvgIpc) is 3.36. The van der Waals surface area contributed by atoms with E-state index in [2.05, 4.69) is 0 Å². The van der Waals surface area contributed by atoms with E-state index in [0.717, 1.165) is 27.8 Å². The topological polar surface area (TPSA) is 120 Å². The minimum atomic E-state index is -1.43. The third-order valence-corrected chi connectivity index (χ3v) is 11.4. The molecule has 2 aliphatic heterocycles. The quantitative estimate of drug-likeness (QED) is 0.0704. The molecule has 8 rings (SSSR count). The van der Waals surface area contributed by atoms with Crippen molar-refractivity contribution in [1.82, 2.24) is 0 Å². The lowest BCUT2D eigenvalue weighted by Gasteiger charge is -2.48. The van der Waals surface area contributed by atoms with Crippen LogP contribution in [-0.2, 0) is 75.7 Å². The maximum atomic E-state index is 13.7. The van der Waals surface area contributed by atoms with Crippen LogP contribution in [-0.4, -0.2) is 86.0 Å². The van der Waals surface area contributed by atoms with E-state index >= 15 is 0 Å². The predicted molar refractivity (Wildman–Crippen MR) is 242 cm³/mol. The van der Waals surface area contributed by atoms with Crippen LogP contribution in [0.2, 0.25) is 0 Å². The van der Waals surface area contributed by atoms with Crippen molar-refractivity contribution in [1.29, 1.82) is 0 Å². The van der Waals surface area contributed by atoms with Gasteiger partial charge in [-0.05, 0) is 39.9 Å². The summed E-state index contributed by atoms with van der Waals surface area (Å²) in [5.41, 5.74) is 5.07. The molecule has 11 heteroatoms. The van der Waals surface area contributed by atoms with Gasteiger partial charge in [-0.1, -0.05) is 170 Å². The van der Waals surface area contributed by atoms with Crippen LogP contribution in [0.1, 0.15) is 38.2 Å². The summed E-state index contributed by atoms with van der Waals surface area (Å²) in [7, 11) is 0. The highest BCUT2D eigenvalue weighted by Crippen LogP contribution is 2.34. The van der Waals surface area contributed by atoms with Crippen LogP contribution in [0.5, 0.6) is 0 Å². The largest absolute Gasteiger partial charge is 0.453 e. The van der Waals surface area contributed by atoms with Gasteiger partial charge in [0, 0.05) is 0 Å². The first-order valence-corrected chi connectivity index (χ1v) is 22.1. The van der Waals surface area contributed by atoms with E-state index in [1.54, 1.807) is 24.3 Å². The van der Waals surface area contributed by atoms with Gasteiger partial charge in [-0.15, -0.1) is 0 Å². The monoisotopic (exact) mass is 880 g/mol. The van der Waals surface area contributed by atoms with Crippen molar-refractivity contribution in [3.05, 3.63) is 215 Å². The Kier molecular flexibility index (Phi) is 17.0. The Hall–Kier alpha value is -5.57. The molecule has 0 saturated carbocycles. The summed E-state index contributed by atoms with van der Waals surface area (Å²) in [5.74, 6) is -0.628. The van der Waals surface area contributed by atoms with Gasteiger partial charge in [-0.25, -0.2) is 4.79 Å². The molecule has 0 aliphatic carbocycles. The molecular formula is C54H56O11. The predicted octanol–water partition coefficient (Wildman–Crippen LogP) is 8.27. The molecular weight excluding hydrogens is 825 g/mol. The first-order chi connectivity index (χ1) is 32.1. The van der Waals surface area contributed by atoms with Crippen LogP contribution >= 0.6 is 0 Å². The number of aliphatic hydroxyl groups excluding tert-OH is 1. The van der Waals surface area contributed by atoms with Crippen LogP contribution in [0.4, 0.5) is 0 Å². The molecule has 9 atom stereocenters. The molecule has 6 unspecified atom stereocenters. The molecule has 338 valence electrons. The van der Waals surface area contributed by atoms with Crippen LogP contribution in [0.3, 0.4) is 0 Å². The second kappa shape index (κ2) is 24.1. The fourth-order valence-electron chi connectivity index (χ4n) is 7.91. The SMILES string of the molecule is O=C(O[C@@H]1C(COCc2ccccc2)O[C@H](O[C@H]2C(COCc3ccccc3)OCC(OCc3ccccc3)C2OCc2ccccc2)C(OCc2ccccc2)C1O)c1ccccc1. The molecule has 0 radical (unpaired) electrons. The number of rotatable bonds is 21. The average molecular weight is 881 g/mol. The van der Waals surface area contributed by atoms with Gasteiger partial charge in [-0.3, -0.25) is 0 Å². The molecule has 2 saturated heterocycles. The highest BCUT2D eigenvalue weighted by molar-refractivity contribution is 5.89. The lowest BCUT2D eigenvalue weighted by atomic mass is 9.96. The normalized spacial score (nSPS) is 24.3. The van der Waals surface area contributed by atoms with Crippen molar-refractivity contribution in [2.24, 2.45) is 0 Å². The maximum absolute atomic E-state index is 13.7. The number of ether oxygens (including phenoxy) is 9. The molecule has 2 heterocycles. The first-order valence-electron chi connectivity index (χ1n) is 22.1. The van der Waals surface area contributed by atoms with Gasteiger partial charge in [0.25, 0.3) is 0 Å². The van der Waals surface area contributed by atoms with Gasteiger partial charge < -0.3 is 47.7 Å². The van der Waals surface area contributed by atoms with Gasteiger partial charge in [0.1, 0.15) is 42.7 Å². The lowest BCUT2D eigenvalue weighted by molar-refractivity contribution is -0.349. The van der Waals surface area contributed by atoms with E-state index in [-0.39, 0.29) is 39.6 Å². The van der Waals surface area contributed by atoms with E-state index in [4.69, 9.17) is 42.6 Å². The Morgan fingerprint density at radius 2 is 0.892 bits per heavy atom. The number of carbonyl (C=O) groups is 1. The zero-order chi connectivity index (χ0) is 44.5. The van der Waals surface area contributed by atoms with Crippen LogP contribution in [0.25, 0.3) is 0 Å². The molecule has 0 amide bonds. The van der Waals surface area contributed by atoms with Crippen LogP contribution < -0.4 is 0 Å². The fraction of sp³-hybridized carbons (Fsp3) is 0.315. The number of benzene rings is 6. The summed E-state index contributed by atoms with van der Waals surface area (Å²) in [6.07, 6.45) is -8.89. The van der Waals surface area contributed by atoms with Crippen LogP contribution in [0, 0.1) is 0 Å². The molecule has 65 heavy (non-hydrogen) atoms. The summed E-state index contributed by atoms with van der Waals surface area (Å²) in [4.78, 5) is 13.7. The lowest BCUT2D eigenvalue weighted by Crippen LogP contribution is -2.64. The Labute approximate surface area is 380 Å². The molecule has 0 bridgehead atoms. The highest BCUT2D eigenvalue weighted by Gasteiger charge is 2.52. The molecule has 1 N–H and O–H groups in total. The Morgan fingerprint density at radius 1 is 0.477 bits per heavy atom. The van der Waals surface area contributed by atoms with Gasteiger partial charge in [0.05, 0.1) is 58.4 Å². The maximum Gasteiger partial charge on any atom is 0.338 e. The number of hydrogen-bond acceptors (Lipinski definition) is 11. The van der Waals surface area contributed by atoms with Crippen molar-refractivity contribution in [2.45, 2.75) is 88.2 Å². The zero-order valence-corrected chi connectivity index (χ0v) is 36.2. The van der Waals surface area contributed by atoms with Crippen molar-refractivity contribution in [2.75, 3.05) is 19.8 Å². The van der Waals surface area contributed by atoms with Crippen molar-refractivity contribution < 1.29 is 52.5 Å². The molecule has 11 nitrogen and oxygen atoms in total. The van der Waals surface area contributed by atoms with Gasteiger partial charge in [-0.2, -0.15) is 0 Å². The zero-order valence-electron chi connectivity index (χ0n) is 36.2. The van der Waals surface area contributed by atoms with E-state index in [0.29, 0.717) is 18.8 Å². The fourth-order valence-corrected chi connectivity index (χ4v) is 7.91. The van der Waals surface area contributed by atoms with E-state index in [1.807, 2.05) is 158 Å². The second-order valence-electron chi connectivity index (χ2n) is 16.1. The van der Waals surface area contributed by atoms with Crippen molar-refractivity contribution >= 4 is 5.97 Å². The summed E-state index contributed by atoms with van der Waals surface area (Å²) < 4.78 is 59.3. The Morgan fingerprint density at radius 3 is 1.38 bits per heavy atom. The first kappa shape index (κ1) is 46.0. The van der Waals surface area contributed by atoms with Gasteiger partial charge in [0.2, 0.25) is 0 Å². The number of hydrogen-bond donors (Lipinski definition) is 1. The minimum absolute atomic E-state index is 0.0501. The Bertz CT molecular complexity index is 2250. The number of aliphatic hydroxyl groups is 1. The van der Waals surface area contributed by atoms with E-state index in [1.165, 1.54) is 0 Å². The smallest absolute Gasteiger partial charge is 0.338 e. The summed E-state index contributed by atoms with van der Waals surface area (Å²) in [6, 6.07) is 57.6. The molecule has 0 spiro atoms. The van der Waals surface area contributed by atoms with Crippen molar-refractivity contribution in [3.63, 3.8) is 0 Å². The third kappa shape index (κ3) is 13.3. The van der Waals surface area contributed by atoms with Gasteiger partial charge >= 0.3 is 5.97 Å². The molecule has 0 aromatic heterocycles. The molecule has 2 aliphatic rings. The Balaban J connectivity index is 1.12. The van der Waals surface area contributed by atoms with Gasteiger partial charge in [0.15, 0.2) is 12.4 Å².